The maximum absolute atomic E-state index is 12.8. The molecule has 1 heterocycles. The monoisotopic (exact) mass is 151 g/mol. The van der Waals surface area contributed by atoms with Crippen molar-refractivity contribution in [2.45, 2.75) is 6.92 Å². The number of pyridine rings is 1. The van der Waals surface area contributed by atoms with Crippen molar-refractivity contribution in [3.63, 3.8) is 0 Å². The van der Waals surface area contributed by atoms with Crippen molar-refractivity contribution in [2.24, 2.45) is 0 Å². The molecular formula is C7H6FN3. The second kappa shape index (κ2) is 2.54. The van der Waals surface area contributed by atoms with E-state index >= 15 is 0 Å². The fourth-order valence-corrected chi connectivity index (χ4v) is 0.690. The molecule has 2 N–H and O–H groups in total. The van der Waals surface area contributed by atoms with Gasteiger partial charge in [-0.25, -0.2) is 4.39 Å². The van der Waals surface area contributed by atoms with Gasteiger partial charge >= 0.3 is 0 Å². The van der Waals surface area contributed by atoms with Crippen LogP contribution in [0.1, 0.15) is 11.3 Å². The molecule has 0 aliphatic carbocycles. The molecule has 3 nitrogen and oxygen atoms in total. The average Bonchev–Trinajstić information content (AvgIpc) is 2.01. The first kappa shape index (κ1) is 7.48. The molecule has 11 heavy (non-hydrogen) atoms. The van der Waals surface area contributed by atoms with Crippen LogP contribution in [-0.2, 0) is 0 Å². The van der Waals surface area contributed by atoms with Gasteiger partial charge in [0.25, 0.3) is 0 Å². The molecule has 0 saturated carbocycles. The molecule has 4 heteroatoms. The van der Waals surface area contributed by atoms with E-state index in [4.69, 9.17) is 11.0 Å². The SMILES string of the molecule is Cc1ncc(C#N)c(N)c1F. The van der Waals surface area contributed by atoms with Crippen LogP contribution in [-0.4, -0.2) is 4.98 Å². The predicted octanol–water partition coefficient (Wildman–Crippen LogP) is 0.983. The third-order valence-corrected chi connectivity index (χ3v) is 1.35. The van der Waals surface area contributed by atoms with E-state index in [9.17, 15) is 4.39 Å². The molecular weight excluding hydrogens is 145 g/mol. The number of rotatable bonds is 0. The van der Waals surface area contributed by atoms with Gasteiger partial charge < -0.3 is 5.73 Å². The summed E-state index contributed by atoms with van der Waals surface area (Å²) in [5.74, 6) is -0.607. The number of aryl methyl sites for hydroxylation is 1. The Kier molecular flexibility index (Phi) is 1.73. The lowest BCUT2D eigenvalue weighted by Gasteiger charge is -1.99. The molecule has 0 spiro atoms. The summed E-state index contributed by atoms with van der Waals surface area (Å²) in [6.45, 7) is 1.49. The summed E-state index contributed by atoms with van der Waals surface area (Å²) >= 11 is 0. The number of nitrogen functional groups attached to an aromatic ring is 1. The van der Waals surface area contributed by atoms with E-state index in [1.54, 1.807) is 6.07 Å². The molecule has 0 bridgehead atoms. The fourth-order valence-electron chi connectivity index (χ4n) is 0.690. The highest BCUT2D eigenvalue weighted by atomic mass is 19.1. The summed E-state index contributed by atoms with van der Waals surface area (Å²) in [4.78, 5) is 3.63. The lowest BCUT2D eigenvalue weighted by molar-refractivity contribution is 0.614. The number of anilines is 1. The third kappa shape index (κ3) is 1.13. The van der Waals surface area contributed by atoms with Crippen LogP contribution in [0.5, 0.6) is 0 Å². The first-order valence-electron chi connectivity index (χ1n) is 2.97. The highest BCUT2D eigenvalue weighted by Crippen LogP contribution is 2.15. The molecule has 0 atom stereocenters. The molecule has 1 rings (SSSR count). The van der Waals surface area contributed by atoms with E-state index in [0.717, 1.165) is 0 Å². The van der Waals surface area contributed by atoms with Gasteiger partial charge in [0, 0.05) is 6.20 Å². The maximum Gasteiger partial charge on any atom is 0.168 e. The molecule has 0 saturated heterocycles. The number of nitriles is 1. The molecule has 0 aromatic carbocycles. The molecule has 0 amide bonds. The van der Waals surface area contributed by atoms with E-state index in [2.05, 4.69) is 4.98 Å². The third-order valence-electron chi connectivity index (χ3n) is 1.35. The van der Waals surface area contributed by atoms with Gasteiger partial charge in [-0.1, -0.05) is 0 Å². The van der Waals surface area contributed by atoms with Crippen molar-refractivity contribution >= 4 is 5.69 Å². The minimum Gasteiger partial charge on any atom is -0.395 e. The topological polar surface area (TPSA) is 62.7 Å². The van der Waals surface area contributed by atoms with Crippen LogP contribution >= 0.6 is 0 Å². The normalized spacial score (nSPS) is 9.18. The summed E-state index contributed by atoms with van der Waals surface area (Å²) in [5.41, 5.74) is 5.42. The Bertz CT molecular complexity index is 327. The molecule has 0 unspecified atom stereocenters. The van der Waals surface area contributed by atoms with Gasteiger partial charge in [-0.3, -0.25) is 4.98 Å². The van der Waals surface area contributed by atoms with Crippen LogP contribution in [0.4, 0.5) is 10.1 Å². The van der Waals surface area contributed by atoms with Crippen molar-refractivity contribution in [3.05, 3.63) is 23.3 Å². The Morgan fingerprint density at radius 3 is 2.91 bits per heavy atom. The van der Waals surface area contributed by atoms with E-state index in [-0.39, 0.29) is 16.9 Å². The largest absolute Gasteiger partial charge is 0.395 e. The summed E-state index contributed by atoms with van der Waals surface area (Å²) in [6, 6.07) is 1.74. The smallest absolute Gasteiger partial charge is 0.168 e. The van der Waals surface area contributed by atoms with Crippen LogP contribution in [0.2, 0.25) is 0 Å². The van der Waals surface area contributed by atoms with Crippen molar-refractivity contribution < 1.29 is 4.39 Å². The van der Waals surface area contributed by atoms with Crippen LogP contribution < -0.4 is 5.73 Å². The number of halogens is 1. The molecule has 0 radical (unpaired) electrons. The number of hydrogen-bond acceptors (Lipinski definition) is 3. The van der Waals surface area contributed by atoms with Crippen LogP contribution in [0.15, 0.2) is 6.20 Å². The van der Waals surface area contributed by atoms with Gasteiger partial charge in [-0.05, 0) is 6.92 Å². The van der Waals surface area contributed by atoms with Gasteiger partial charge in [0.15, 0.2) is 5.82 Å². The maximum atomic E-state index is 12.8. The van der Waals surface area contributed by atoms with Crippen LogP contribution in [0.3, 0.4) is 0 Å². The lowest BCUT2D eigenvalue weighted by Crippen LogP contribution is -1.99. The molecule has 0 aliphatic heterocycles. The minimum atomic E-state index is -0.607. The zero-order valence-corrected chi connectivity index (χ0v) is 5.93. The highest BCUT2D eigenvalue weighted by Gasteiger charge is 2.07. The molecule has 56 valence electrons. The lowest BCUT2D eigenvalue weighted by atomic mass is 10.2. The van der Waals surface area contributed by atoms with Crippen molar-refractivity contribution in [3.8, 4) is 6.07 Å². The number of aromatic nitrogens is 1. The Morgan fingerprint density at radius 1 is 1.73 bits per heavy atom. The van der Waals surface area contributed by atoms with Gasteiger partial charge in [0.05, 0.1) is 16.9 Å². The van der Waals surface area contributed by atoms with Crippen LogP contribution in [0.25, 0.3) is 0 Å². The molecule has 0 aliphatic rings. The van der Waals surface area contributed by atoms with Crippen LogP contribution in [0, 0.1) is 24.1 Å². The average molecular weight is 151 g/mol. The Morgan fingerprint density at radius 2 is 2.36 bits per heavy atom. The highest BCUT2D eigenvalue weighted by molar-refractivity contribution is 5.54. The number of hydrogen-bond donors (Lipinski definition) is 1. The Balaban J connectivity index is 3.40. The van der Waals surface area contributed by atoms with Gasteiger partial charge in [0.1, 0.15) is 6.07 Å². The van der Waals surface area contributed by atoms with E-state index in [1.807, 2.05) is 0 Å². The Hall–Kier alpha value is -1.63. The number of nitrogens with two attached hydrogens (primary N) is 1. The fraction of sp³-hybridized carbons (Fsp3) is 0.143. The van der Waals surface area contributed by atoms with E-state index in [0.29, 0.717) is 0 Å². The number of nitrogens with zero attached hydrogens (tertiary/aromatic N) is 2. The molecule has 0 fully saturated rings. The summed E-state index contributed by atoms with van der Waals surface area (Å²) in [6.07, 6.45) is 1.26. The minimum absolute atomic E-state index is 0.0769. The predicted molar refractivity (Wildman–Crippen MR) is 38.1 cm³/mol. The second-order valence-electron chi connectivity index (χ2n) is 2.10. The van der Waals surface area contributed by atoms with Crippen molar-refractivity contribution in [1.82, 2.24) is 4.98 Å². The summed E-state index contributed by atoms with van der Waals surface area (Å²) in [5, 5.41) is 8.40. The Labute approximate surface area is 63.3 Å². The first-order chi connectivity index (χ1) is 5.16. The molecule has 1 aromatic rings. The summed E-state index contributed by atoms with van der Waals surface area (Å²) < 4.78 is 12.8. The summed E-state index contributed by atoms with van der Waals surface area (Å²) in [7, 11) is 0. The zero-order chi connectivity index (χ0) is 8.43. The second-order valence-corrected chi connectivity index (χ2v) is 2.10. The first-order valence-corrected chi connectivity index (χ1v) is 2.97. The van der Waals surface area contributed by atoms with Crippen molar-refractivity contribution in [2.75, 3.05) is 5.73 Å². The molecule has 1 aromatic heterocycles. The van der Waals surface area contributed by atoms with Gasteiger partial charge in [0.2, 0.25) is 0 Å². The van der Waals surface area contributed by atoms with Gasteiger partial charge in [-0.2, -0.15) is 5.26 Å². The van der Waals surface area contributed by atoms with E-state index in [1.165, 1.54) is 13.1 Å². The van der Waals surface area contributed by atoms with Gasteiger partial charge in [-0.15, -0.1) is 0 Å². The van der Waals surface area contributed by atoms with Crippen molar-refractivity contribution in [1.29, 1.82) is 5.26 Å². The standard InChI is InChI=1S/C7H6FN3/c1-4-6(8)7(10)5(2-9)3-11-4/h3H,1H3,(H2,10,11). The van der Waals surface area contributed by atoms with E-state index < -0.39 is 5.82 Å². The zero-order valence-electron chi connectivity index (χ0n) is 5.93. The quantitative estimate of drug-likeness (QED) is 0.601.